The predicted molar refractivity (Wildman–Crippen MR) is 126 cm³/mol. The van der Waals surface area contributed by atoms with Gasteiger partial charge < -0.3 is 23.9 Å². The minimum atomic E-state index is -0.830. The minimum absolute atomic E-state index is 0.00147. The number of rotatable bonds is 9. The van der Waals surface area contributed by atoms with E-state index in [1.807, 2.05) is 6.92 Å². The Hall–Kier alpha value is -4.26. The Morgan fingerprint density at radius 3 is 2.56 bits per heavy atom. The van der Waals surface area contributed by atoms with Crippen LogP contribution in [0.1, 0.15) is 29.9 Å². The number of amides is 1. The normalized spacial score (nSPS) is 17.1. The number of aliphatic hydroxyl groups excluding tert-OH is 1. The summed E-state index contributed by atoms with van der Waals surface area (Å²) in [4.78, 5) is 27.6. The Balaban J connectivity index is 1.81. The molecule has 0 saturated carbocycles. The van der Waals surface area contributed by atoms with Crippen LogP contribution in [0, 0.1) is 0 Å². The summed E-state index contributed by atoms with van der Waals surface area (Å²) < 4.78 is 16.5. The number of Topliss-reactive ketones (excluding diaryl/α,β-unsaturated/α-hetero) is 1. The van der Waals surface area contributed by atoms with E-state index in [9.17, 15) is 14.7 Å². The number of nitrogens with zero attached hydrogens (tertiary/aromatic N) is 1. The van der Waals surface area contributed by atoms with E-state index in [1.165, 1.54) is 11.2 Å². The molecule has 0 unspecified atom stereocenters. The van der Waals surface area contributed by atoms with Gasteiger partial charge in [0.05, 0.1) is 31.0 Å². The van der Waals surface area contributed by atoms with Crippen molar-refractivity contribution < 1.29 is 28.6 Å². The van der Waals surface area contributed by atoms with E-state index in [0.717, 1.165) is 0 Å². The van der Waals surface area contributed by atoms with Crippen LogP contribution in [0.15, 0.2) is 89.6 Å². The Labute approximate surface area is 197 Å². The van der Waals surface area contributed by atoms with Crippen molar-refractivity contribution in [2.24, 2.45) is 0 Å². The standard InChI is InChI=1S/C27H25NO6/c1-3-14-33-21-8-5-7-19(16-21)24-23(25(29)18-10-12-20(13-11-18)32-4-2)26(30)27(31)28(24)17-22-9-6-15-34-22/h3,5-13,15-16,24,29H,1,4,14,17H2,2H3/t24-/m1/s1. The Morgan fingerprint density at radius 2 is 1.88 bits per heavy atom. The average molecular weight is 459 g/mol. The molecule has 7 heteroatoms. The first-order valence-electron chi connectivity index (χ1n) is 10.9. The van der Waals surface area contributed by atoms with Gasteiger partial charge in [0, 0.05) is 5.56 Å². The predicted octanol–water partition coefficient (Wildman–Crippen LogP) is 4.87. The molecule has 1 N–H and O–H groups in total. The number of likely N-dealkylation sites (tertiary alicyclic amines) is 1. The summed E-state index contributed by atoms with van der Waals surface area (Å²) in [6.07, 6.45) is 3.13. The van der Waals surface area contributed by atoms with E-state index in [0.29, 0.717) is 41.6 Å². The van der Waals surface area contributed by atoms with Gasteiger partial charge in [-0.25, -0.2) is 0 Å². The van der Waals surface area contributed by atoms with Crippen molar-refractivity contribution in [1.29, 1.82) is 0 Å². The molecule has 2 heterocycles. The lowest BCUT2D eigenvalue weighted by Gasteiger charge is -2.25. The van der Waals surface area contributed by atoms with Crippen LogP contribution in [0.4, 0.5) is 0 Å². The molecular formula is C27H25NO6. The summed E-state index contributed by atoms with van der Waals surface area (Å²) in [5, 5.41) is 11.2. The topological polar surface area (TPSA) is 89.2 Å². The van der Waals surface area contributed by atoms with Crippen molar-refractivity contribution >= 4 is 17.4 Å². The maximum atomic E-state index is 13.2. The van der Waals surface area contributed by atoms with Crippen LogP contribution in [0.25, 0.3) is 5.76 Å². The van der Waals surface area contributed by atoms with Gasteiger partial charge in [0.25, 0.3) is 11.7 Å². The zero-order valence-electron chi connectivity index (χ0n) is 18.8. The number of furan rings is 1. The van der Waals surface area contributed by atoms with Gasteiger partial charge in [-0.05, 0) is 61.0 Å². The maximum absolute atomic E-state index is 13.2. The number of aliphatic hydroxyl groups is 1. The van der Waals surface area contributed by atoms with Crippen LogP contribution in [0.2, 0.25) is 0 Å². The number of ketones is 1. The highest BCUT2D eigenvalue weighted by molar-refractivity contribution is 6.46. The molecule has 7 nitrogen and oxygen atoms in total. The van der Waals surface area contributed by atoms with Gasteiger partial charge in [0.1, 0.15) is 29.6 Å². The quantitative estimate of drug-likeness (QED) is 0.213. The van der Waals surface area contributed by atoms with E-state index >= 15 is 0 Å². The second kappa shape index (κ2) is 10.1. The smallest absolute Gasteiger partial charge is 0.296 e. The molecule has 1 amide bonds. The van der Waals surface area contributed by atoms with Crippen LogP contribution < -0.4 is 9.47 Å². The van der Waals surface area contributed by atoms with E-state index in [2.05, 4.69) is 6.58 Å². The molecule has 1 fully saturated rings. The molecule has 34 heavy (non-hydrogen) atoms. The molecular weight excluding hydrogens is 434 g/mol. The highest BCUT2D eigenvalue weighted by Crippen LogP contribution is 2.41. The van der Waals surface area contributed by atoms with Crippen LogP contribution in [-0.2, 0) is 16.1 Å². The Morgan fingerprint density at radius 1 is 1.09 bits per heavy atom. The molecule has 3 aromatic rings. The zero-order chi connectivity index (χ0) is 24.1. The number of hydrogen-bond donors (Lipinski definition) is 1. The van der Waals surface area contributed by atoms with E-state index in [1.54, 1.807) is 66.7 Å². The SMILES string of the molecule is C=CCOc1cccc([C@@H]2C(=C(O)c3ccc(OCC)cc3)C(=O)C(=O)N2Cc2ccco2)c1. The molecule has 1 atom stereocenters. The van der Waals surface area contributed by atoms with Crippen molar-refractivity contribution in [2.45, 2.75) is 19.5 Å². The van der Waals surface area contributed by atoms with Gasteiger partial charge in [0.2, 0.25) is 0 Å². The first-order chi connectivity index (χ1) is 16.5. The Kier molecular flexibility index (Phi) is 6.82. The van der Waals surface area contributed by atoms with Gasteiger partial charge in [-0.1, -0.05) is 24.8 Å². The molecule has 1 aliphatic rings. The number of ether oxygens (including phenoxy) is 2. The van der Waals surface area contributed by atoms with E-state index < -0.39 is 17.7 Å². The third-order valence-electron chi connectivity index (χ3n) is 5.43. The van der Waals surface area contributed by atoms with E-state index in [4.69, 9.17) is 13.9 Å². The lowest BCUT2D eigenvalue weighted by atomic mass is 9.95. The van der Waals surface area contributed by atoms with Crippen molar-refractivity contribution in [2.75, 3.05) is 13.2 Å². The lowest BCUT2D eigenvalue weighted by molar-refractivity contribution is -0.140. The van der Waals surface area contributed by atoms with Crippen molar-refractivity contribution in [1.82, 2.24) is 4.90 Å². The third-order valence-corrected chi connectivity index (χ3v) is 5.43. The van der Waals surface area contributed by atoms with Gasteiger partial charge in [-0.15, -0.1) is 0 Å². The van der Waals surface area contributed by atoms with Gasteiger partial charge in [-0.2, -0.15) is 0 Å². The summed E-state index contributed by atoms with van der Waals surface area (Å²) in [6.45, 7) is 6.41. The fourth-order valence-corrected chi connectivity index (χ4v) is 3.92. The first kappa shape index (κ1) is 22.9. The number of hydrogen-bond acceptors (Lipinski definition) is 6. The van der Waals surface area contributed by atoms with Crippen LogP contribution in [0.3, 0.4) is 0 Å². The zero-order valence-corrected chi connectivity index (χ0v) is 18.8. The fraction of sp³-hybridized carbons (Fsp3) is 0.185. The van der Waals surface area contributed by atoms with Crippen molar-refractivity contribution in [3.63, 3.8) is 0 Å². The van der Waals surface area contributed by atoms with E-state index in [-0.39, 0.29) is 17.9 Å². The highest BCUT2D eigenvalue weighted by atomic mass is 16.5. The lowest BCUT2D eigenvalue weighted by Crippen LogP contribution is -2.29. The summed E-state index contributed by atoms with van der Waals surface area (Å²) in [5.74, 6) is -0.0209. The molecule has 174 valence electrons. The number of benzene rings is 2. The highest BCUT2D eigenvalue weighted by Gasteiger charge is 2.46. The van der Waals surface area contributed by atoms with Crippen LogP contribution >= 0.6 is 0 Å². The largest absolute Gasteiger partial charge is 0.507 e. The number of carbonyl (C=O) groups excluding carboxylic acids is 2. The fourth-order valence-electron chi connectivity index (χ4n) is 3.92. The number of carbonyl (C=O) groups is 2. The third kappa shape index (κ3) is 4.59. The van der Waals surface area contributed by atoms with Crippen molar-refractivity contribution in [3.05, 3.63) is 102 Å². The molecule has 0 bridgehead atoms. The summed E-state index contributed by atoms with van der Waals surface area (Å²) in [5.41, 5.74) is 1.03. The summed E-state index contributed by atoms with van der Waals surface area (Å²) in [6, 6.07) is 16.4. The summed E-state index contributed by atoms with van der Waals surface area (Å²) in [7, 11) is 0. The molecule has 1 aromatic heterocycles. The Bertz CT molecular complexity index is 1210. The second-order valence-electron chi connectivity index (χ2n) is 7.64. The molecule has 0 spiro atoms. The molecule has 1 saturated heterocycles. The molecule has 1 aliphatic heterocycles. The monoisotopic (exact) mass is 459 g/mol. The molecule has 0 radical (unpaired) electrons. The van der Waals surface area contributed by atoms with Gasteiger partial charge >= 0.3 is 0 Å². The van der Waals surface area contributed by atoms with Crippen LogP contribution in [-0.4, -0.2) is 34.9 Å². The maximum Gasteiger partial charge on any atom is 0.296 e. The van der Waals surface area contributed by atoms with Crippen molar-refractivity contribution in [3.8, 4) is 11.5 Å². The first-order valence-corrected chi connectivity index (χ1v) is 10.9. The summed E-state index contributed by atoms with van der Waals surface area (Å²) >= 11 is 0. The van der Waals surface area contributed by atoms with Crippen LogP contribution in [0.5, 0.6) is 11.5 Å². The average Bonchev–Trinajstić information content (AvgIpc) is 3.45. The van der Waals surface area contributed by atoms with Gasteiger partial charge in [0.15, 0.2) is 0 Å². The second-order valence-corrected chi connectivity index (χ2v) is 7.64. The molecule has 4 rings (SSSR count). The molecule has 0 aliphatic carbocycles. The minimum Gasteiger partial charge on any atom is -0.507 e. The van der Waals surface area contributed by atoms with Gasteiger partial charge in [-0.3, -0.25) is 9.59 Å². The molecule has 2 aromatic carbocycles.